The highest BCUT2D eigenvalue weighted by Crippen LogP contribution is 2.17. The van der Waals surface area contributed by atoms with Gasteiger partial charge in [0.1, 0.15) is 0 Å². The summed E-state index contributed by atoms with van der Waals surface area (Å²) >= 11 is 0. The zero-order valence-corrected chi connectivity index (χ0v) is 11.8. The van der Waals surface area contributed by atoms with Gasteiger partial charge < -0.3 is 0 Å². The van der Waals surface area contributed by atoms with Gasteiger partial charge in [0, 0.05) is 18.5 Å². The Kier molecular flexibility index (Phi) is 5.63. The molecule has 1 saturated heterocycles. The maximum Gasteiger partial charge on any atom is 0.0365 e. The molecule has 0 aromatic heterocycles. The molecule has 0 radical (unpaired) electrons. The molecule has 2 heteroatoms. The lowest BCUT2D eigenvalue weighted by molar-refractivity contribution is 0.387. The van der Waals surface area contributed by atoms with Gasteiger partial charge in [0.25, 0.3) is 0 Å². The summed E-state index contributed by atoms with van der Waals surface area (Å²) in [6.45, 7) is 16.0. The Morgan fingerprint density at radius 2 is 1.88 bits per heavy atom. The second-order valence-electron chi connectivity index (χ2n) is 5.37. The molecule has 0 spiro atoms. The van der Waals surface area contributed by atoms with Gasteiger partial charge in [-0.3, -0.25) is 9.89 Å². The molecule has 1 heterocycles. The van der Waals surface area contributed by atoms with Crippen molar-refractivity contribution in [2.75, 3.05) is 19.6 Å². The molecule has 1 fully saturated rings. The average molecular weight is 234 g/mol. The third-order valence-electron chi connectivity index (χ3n) is 3.19. The van der Waals surface area contributed by atoms with Crippen molar-refractivity contribution in [1.82, 2.24) is 4.90 Å². The van der Waals surface area contributed by atoms with Crippen LogP contribution in [0.1, 0.15) is 40.5 Å². The summed E-state index contributed by atoms with van der Waals surface area (Å²) in [7, 11) is 0. The number of hydrogen-bond acceptors (Lipinski definition) is 2. The molecule has 96 valence electrons. The van der Waals surface area contributed by atoms with Crippen LogP contribution in [0.15, 0.2) is 28.9 Å². The quantitative estimate of drug-likeness (QED) is 0.523. The minimum atomic E-state index is 0.496. The minimum Gasteiger partial charge on any atom is -0.298 e. The Labute approximate surface area is 106 Å². The molecule has 0 aliphatic carbocycles. The zero-order valence-electron chi connectivity index (χ0n) is 11.8. The van der Waals surface area contributed by atoms with E-state index in [1.807, 2.05) is 6.20 Å². The smallest absolute Gasteiger partial charge is 0.0365 e. The summed E-state index contributed by atoms with van der Waals surface area (Å²) < 4.78 is 0. The molecular formula is C15H26N2. The first kappa shape index (κ1) is 14.2. The molecule has 0 N–H and O–H groups in total. The van der Waals surface area contributed by atoms with Crippen molar-refractivity contribution in [1.29, 1.82) is 0 Å². The van der Waals surface area contributed by atoms with Crippen LogP contribution in [0.4, 0.5) is 0 Å². The first-order valence-electron chi connectivity index (χ1n) is 6.62. The molecule has 0 amide bonds. The predicted octanol–water partition coefficient (Wildman–Crippen LogP) is 3.66. The Morgan fingerprint density at radius 1 is 1.29 bits per heavy atom. The van der Waals surface area contributed by atoms with Crippen molar-refractivity contribution in [3.63, 3.8) is 0 Å². The van der Waals surface area contributed by atoms with E-state index >= 15 is 0 Å². The number of likely N-dealkylation sites (tertiary alicyclic amines) is 1. The van der Waals surface area contributed by atoms with Crippen LogP contribution in [0.25, 0.3) is 0 Å². The lowest BCUT2D eigenvalue weighted by Crippen LogP contribution is -2.25. The Bertz CT molecular complexity index is 318. The minimum absolute atomic E-state index is 0.496. The van der Waals surface area contributed by atoms with Gasteiger partial charge in [-0.25, -0.2) is 0 Å². The van der Waals surface area contributed by atoms with Crippen LogP contribution in [0.2, 0.25) is 0 Å². The highest BCUT2D eigenvalue weighted by Gasteiger charge is 2.11. The molecule has 0 saturated carbocycles. The third-order valence-corrected chi connectivity index (χ3v) is 3.19. The first-order chi connectivity index (χ1) is 8.00. The molecule has 0 atom stereocenters. The SMILES string of the molecule is C=C(C)/C(=C\N=C(C)CN1CCCC1)C(C)C. The number of allylic oxidation sites excluding steroid dienone is 2. The van der Waals surface area contributed by atoms with Gasteiger partial charge in [-0.2, -0.15) is 0 Å². The predicted molar refractivity (Wildman–Crippen MR) is 76.5 cm³/mol. The lowest BCUT2D eigenvalue weighted by atomic mass is 9.99. The second-order valence-corrected chi connectivity index (χ2v) is 5.37. The van der Waals surface area contributed by atoms with E-state index in [2.05, 4.69) is 44.2 Å². The van der Waals surface area contributed by atoms with Gasteiger partial charge in [0.05, 0.1) is 0 Å². The molecule has 2 nitrogen and oxygen atoms in total. The summed E-state index contributed by atoms with van der Waals surface area (Å²) in [4.78, 5) is 7.06. The molecule has 1 rings (SSSR count). The Morgan fingerprint density at radius 3 is 2.35 bits per heavy atom. The van der Waals surface area contributed by atoms with Crippen molar-refractivity contribution < 1.29 is 0 Å². The monoisotopic (exact) mass is 234 g/mol. The van der Waals surface area contributed by atoms with Crippen LogP contribution in [-0.4, -0.2) is 30.2 Å². The Hall–Kier alpha value is -0.890. The standard InChI is InChI=1S/C15H26N2/c1-12(2)15(13(3)4)10-16-14(5)11-17-8-6-7-9-17/h10,13H,1,6-9,11H2,2-5H3/b15-10+,16-14?. The maximum atomic E-state index is 4.58. The van der Waals surface area contributed by atoms with Gasteiger partial charge in [-0.05, 0) is 51.3 Å². The highest BCUT2D eigenvalue weighted by atomic mass is 15.1. The fourth-order valence-electron chi connectivity index (χ4n) is 2.24. The van der Waals surface area contributed by atoms with E-state index in [9.17, 15) is 0 Å². The molecule has 0 aromatic carbocycles. The zero-order chi connectivity index (χ0) is 12.8. The van der Waals surface area contributed by atoms with Crippen LogP contribution >= 0.6 is 0 Å². The van der Waals surface area contributed by atoms with E-state index in [1.165, 1.54) is 37.2 Å². The van der Waals surface area contributed by atoms with E-state index in [-0.39, 0.29) is 0 Å². The van der Waals surface area contributed by atoms with E-state index < -0.39 is 0 Å². The maximum absolute atomic E-state index is 4.58. The number of rotatable bonds is 5. The summed E-state index contributed by atoms with van der Waals surface area (Å²) in [5.74, 6) is 0.496. The van der Waals surface area contributed by atoms with Gasteiger partial charge in [-0.15, -0.1) is 0 Å². The van der Waals surface area contributed by atoms with Crippen LogP contribution in [-0.2, 0) is 0 Å². The molecule has 0 unspecified atom stereocenters. The van der Waals surface area contributed by atoms with Crippen LogP contribution in [0.3, 0.4) is 0 Å². The van der Waals surface area contributed by atoms with Gasteiger partial charge >= 0.3 is 0 Å². The molecule has 1 aliphatic rings. The van der Waals surface area contributed by atoms with Crippen molar-refractivity contribution in [2.45, 2.75) is 40.5 Å². The second kappa shape index (κ2) is 6.75. The molecule has 1 aliphatic heterocycles. The number of hydrogen-bond donors (Lipinski definition) is 0. The summed E-state index contributed by atoms with van der Waals surface area (Å²) in [6.07, 6.45) is 4.68. The molecule has 0 bridgehead atoms. The molecular weight excluding hydrogens is 208 g/mol. The van der Waals surface area contributed by atoms with Crippen LogP contribution in [0, 0.1) is 5.92 Å². The highest BCUT2D eigenvalue weighted by molar-refractivity contribution is 5.84. The topological polar surface area (TPSA) is 15.6 Å². The van der Waals surface area contributed by atoms with Crippen molar-refractivity contribution >= 4 is 5.71 Å². The molecule has 0 aromatic rings. The van der Waals surface area contributed by atoms with Gasteiger partial charge in [0.15, 0.2) is 0 Å². The van der Waals surface area contributed by atoms with E-state index in [0.29, 0.717) is 5.92 Å². The third kappa shape index (κ3) is 4.86. The normalized spacial score (nSPS) is 19.1. The average Bonchev–Trinajstić information content (AvgIpc) is 2.69. The van der Waals surface area contributed by atoms with Crippen molar-refractivity contribution in [3.05, 3.63) is 23.9 Å². The van der Waals surface area contributed by atoms with Crippen molar-refractivity contribution in [2.24, 2.45) is 10.9 Å². The van der Waals surface area contributed by atoms with Crippen LogP contribution < -0.4 is 0 Å². The van der Waals surface area contributed by atoms with E-state index in [1.54, 1.807) is 0 Å². The van der Waals surface area contributed by atoms with Gasteiger partial charge in [-0.1, -0.05) is 26.0 Å². The summed E-state index contributed by atoms with van der Waals surface area (Å²) in [6, 6.07) is 0. The molecule has 17 heavy (non-hydrogen) atoms. The Balaban J connectivity index is 2.59. The first-order valence-corrected chi connectivity index (χ1v) is 6.62. The largest absolute Gasteiger partial charge is 0.298 e. The fraction of sp³-hybridized carbons (Fsp3) is 0.667. The lowest BCUT2D eigenvalue weighted by Gasteiger charge is -2.14. The van der Waals surface area contributed by atoms with E-state index in [0.717, 1.165) is 12.1 Å². The van der Waals surface area contributed by atoms with Crippen molar-refractivity contribution in [3.8, 4) is 0 Å². The fourth-order valence-corrected chi connectivity index (χ4v) is 2.24. The van der Waals surface area contributed by atoms with Gasteiger partial charge in [0.2, 0.25) is 0 Å². The van der Waals surface area contributed by atoms with Crippen LogP contribution in [0.5, 0.6) is 0 Å². The summed E-state index contributed by atoms with van der Waals surface area (Å²) in [5, 5.41) is 0. The van der Waals surface area contributed by atoms with E-state index in [4.69, 9.17) is 0 Å². The number of nitrogens with zero attached hydrogens (tertiary/aromatic N) is 2. The number of aliphatic imine (C=N–C) groups is 1. The summed E-state index contributed by atoms with van der Waals surface area (Å²) in [5.41, 5.74) is 3.58.